The van der Waals surface area contributed by atoms with Crippen LogP contribution in [0.1, 0.15) is 45.5 Å². The molecule has 7 nitrogen and oxygen atoms in total. The van der Waals surface area contributed by atoms with Gasteiger partial charge in [0.05, 0.1) is 16.6 Å². The molecule has 1 amide bonds. The second-order valence-corrected chi connectivity index (χ2v) is 5.21. The van der Waals surface area contributed by atoms with Gasteiger partial charge in [0.1, 0.15) is 23.3 Å². The predicted molar refractivity (Wildman–Crippen MR) is 81.9 cm³/mol. The van der Waals surface area contributed by atoms with Crippen LogP contribution in [0.25, 0.3) is 11.0 Å². The summed E-state index contributed by atoms with van der Waals surface area (Å²) in [5.74, 6) is -2.98. The molecule has 0 bridgehead atoms. The van der Waals surface area contributed by atoms with Gasteiger partial charge in [-0.2, -0.15) is 0 Å². The fourth-order valence-corrected chi connectivity index (χ4v) is 2.40. The Hall–Kier alpha value is -3.13. The molecule has 1 unspecified atom stereocenters. The maximum Gasteiger partial charge on any atom is 0.285 e. The number of aliphatic hydroxyl groups is 1. The highest BCUT2D eigenvalue weighted by Crippen LogP contribution is 2.34. The molecule has 0 spiro atoms. The molecule has 1 atom stereocenters. The zero-order valence-electron chi connectivity index (χ0n) is 12.5. The number of hydrogen-bond donors (Lipinski definition) is 3. The van der Waals surface area contributed by atoms with Crippen LogP contribution < -0.4 is 11.5 Å². The van der Waals surface area contributed by atoms with Gasteiger partial charge in [0.25, 0.3) is 5.91 Å². The quantitative estimate of drug-likeness (QED) is 0.495. The van der Waals surface area contributed by atoms with E-state index in [0.717, 1.165) is 6.07 Å². The Kier molecular flexibility index (Phi) is 3.61. The number of anilines is 1. The first-order valence-corrected chi connectivity index (χ1v) is 6.94. The van der Waals surface area contributed by atoms with Crippen molar-refractivity contribution in [1.29, 1.82) is 0 Å². The summed E-state index contributed by atoms with van der Waals surface area (Å²) in [6.07, 6.45) is -0.925. The van der Waals surface area contributed by atoms with Crippen molar-refractivity contribution in [3.63, 3.8) is 0 Å². The van der Waals surface area contributed by atoms with Crippen LogP contribution in [0, 0.1) is 5.82 Å². The minimum Gasteiger partial charge on any atom is -0.455 e. The number of halogens is 1. The Morgan fingerprint density at radius 1 is 1.21 bits per heavy atom. The number of nitrogens with two attached hydrogens (primary N) is 2. The summed E-state index contributed by atoms with van der Waals surface area (Å²) in [7, 11) is 0. The van der Waals surface area contributed by atoms with E-state index in [1.165, 1.54) is 25.1 Å². The monoisotopic (exact) mass is 332 g/mol. The number of carbonyl (C=O) groups excluding carboxylic acids is 2. The van der Waals surface area contributed by atoms with Crippen molar-refractivity contribution in [3.05, 3.63) is 52.9 Å². The molecule has 0 aliphatic rings. The number of primary amides is 1. The summed E-state index contributed by atoms with van der Waals surface area (Å²) >= 11 is 0. The topological polar surface area (TPSA) is 133 Å². The van der Waals surface area contributed by atoms with Crippen LogP contribution in [0.4, 0.5) is 10.1 Å². The van der Waals surface area contributed by atoms with E-state index in [1.54, 1.807) is 0 Å². The van der Waals surface area contributed by atoms with Gasteiger partial charge >= 0.3 is 0 Å². The summed E-state index contributed by atoms with van der Waals surface area (Å²) in [5, 5.41) is 9.43. The lowest BCUT2D eigenvalue weighted by molar-refractivity contribution is 0.0949. The number of hydrogen-bond acceptors (Lipinski definition) is 6. The molecule has 0 saturated heterocycles. The van der Waals surface area contributed by atoms with Crippen molar-refractivity contribution in [2.45, 2.75) is 13.0 Å². The minimum absolute atomic E-state index is 0.0494. The van der Waals surface area contributed by atoms with E-state index in [0.29, 0.717) is 0 Å². The maximum atomic E-state index is 13.8. The van der Waals surface area contributed by atoms with Crippen LogP contribution in [-0.2, 0) is 0 Å². The van der Waals surface area contributed by atoms with Crippen LogP contribution in [-0.4, -0.2) is 16.8 Å². The highest BCUT2D eigenvalue weighted by molar-refractivity contribution is 6.22. The molecule has 3 aromatic rings. The van der Waals surface area contributed by atoms with Crippen LogP contribution in [0.15, 0.2) is 33.1 Å². The highest BCUT2D eigenvalue weighted by Gasteiger charge is 2.29. The molecule has 0 aliphatic carbocycles. The second kappa shape index (κ2) is 5.50. The van der Waals surface area contributed by atoms with E-state index in [1.807, 2.05) is 0 Å². The zero-order valence-corrected chi connectivity index (χ0v) is 12.5. The first kappa shape index (κ1) is 15.8. The molecule has 2 aromatic heterocycles. The summed E-state index contributed by atoms with van der Waals surface area (Å²) < 4.78 is 24.3. The van der Waals surface area contributed by atoms with E-state index < -0.39 is 29.4 Å². The van der Waals surface area contributed by atoms with Gasteiger partial charge in [-0.3, -0.25) is 9.59 Å². The van der Waals surface area contributed by atoms with E-state index >= 15 is 0 Å². The van der Waals surface area contributed by atoms with Gasteiger partial charge in [0.2, 0.25) is 11.5 Å². The third-order valence-corrected chi connectivity index (χ3v) is 3.56. The molecular formula is C16H13FN2O5. The molecule has 124 valence electrons. The summed E-state index contributed by atoms with van der Waals surface area (Å²) in [6, 6.07) is 5.03. The number of carbonyl (C=O) groups is 2. The normalized spacial score (nSPS) is 12.5. The molecular weight excluding hydrogens is 319 g/mol. The Morgan fingerprint density at radius 2 is 1.92 bits per heavy atom. The third kappa shape index (κ3) is 2.33. The lowest BCUT2D eigenvalue weighted by Crippen LogP contribution is -2.15. The molecule has 0 saturated carbocycles. The van der Waals surface area contributed by atoms with Gasteiger partial charge in [-0.25, -0.2) is 4.39 Å². The SMILES string of the molecule is CC(O)c1ccc(C(=O)c2c(C(N)=O)oc3ccc(F)c(N)c23)o1. The van der Waals surface area contributed by atoms with Crippen molar-refractivity contribution in [2.75, 3.05) is 5.73 Å². The Balaban J connectivity index is 2.26. The van der Waals surface area contributed by atoms with E-state index in [2.05, 4.69) is 0 Å². The molecule has 5 N–H and O–H groups in total. The summed E-state index contributed by atoms with van der Waals surface area (Å²) in [4.78, 5) is 24.3. The number of aliphatic hydroxyl groups excluding tert-OH is 1. The number of benzene rings is 1. The van der Waals surface area contributed by atoms with Crippen molar-refractivity contribution in [2.24, 2.45) is 5.73 Å². The van der Waals surface area contributed by atoms with E-state index in [9.17, 15) is 19.1 Å². The lowest BCUT2D eigenvalue weighted by Gasteiger charge is -2.02. The molecule has 1 aromatic carbocycles. The van der Waals surface area contributed by atoms with E-state index in [-0.39, 0.29) is 33.7 Å². The largest absolute Gasteiger partial charge is 0.455 e. The van der Waals surface area contributed by atoms with Crippen LogP contribution in [0.2, 0.25) is 0 Å². The molecule has 2 heterocycles. The third-order valence-electron chi connectivity index (χ3n) is 3.56. The Morgan fingerprint density at radius 3 is 2.50 bits per heavy atom. The second-order valence-electron chi connectivity index (χ2n) is 5.21. The fourth-order valence-electron chi connectivity index (χ4n) is 2.40. The molecule has 24 heavy (non-hydrogen) atoms. The first-order valence-electron chi connectivity index (χ1n) is 6.94. The molecule has 0 radical (unpaired) electrons. The molecule has 8 heteroatoms. The summed E-state index contributed by atoms with van der Waals surface area (Å²) in [5.41, 5.74) is 10.4. The minimum atomic E-state index is -1.00. The molecule has 3 rings (SSSR count). The number of furan rings is 2. The van der Waals surface area contributed by atoms with Gasteiger partial charge in [-0.1, -0.05) is 0 Å². The van der Waals surface area contributed by atoms with Crippen molar-refractivity contribution >= 4 is 28.3 Å². The predicted octanol–water partition coefficient (Wildman–Crippen LogP) is 2.13. The van der Waals surface area contributed by atoms with Crippen LogP contribution in [0.3, 0.4) is 0 Å². The van der Waals surface area contributed by atoms with Gasteiger partial charge in [-0.15, -0.1) is 0 Å². The summed E-state index contributed by atoms with van der Waals surface area (Å²) in [6.45, 7) is 1.46. The average molecular weight is 332 g/mol. The van der Waals surface area contributed by atoms with Gasteiger partial charge in [0.15, 0.2) is 5.76 Å². The van der Waals surface area contributed by atoms with Gasteiger partial charge < -0.3 is 25.4 Å². The first-order chi connectivity index (χ1) is 11.3. The number of amides is 1. The Bertz CT molecular complexity index is 970. The number of nitrogen functional groups attached to an aromatic ring is 1. The number of rotatable bonds is 4. The number of ketones is 1. The standard InChI is InChI=1S/C16H13FN2O5/c1-6(20)8-4-5-10(23-8)14(21)12-11-9(24-15(12)16(19)22)3-2-7(17)13(11)18/h2-6,20H,18H2,1H3,(H2,19,22). The Labute approximate surface area is 134 Å². The zero-order chi connectivity index (χ0) is 17.6. The lowest BCUT2D eigenvalue weighted by atomic mass is 10.0. The van der Waals surface area contributed by atoms with Crippen molar-refractivity contribution in [1.82, 2.24) is 0 Å². The fraction of sp³-hybridized carbons (Fsp3) is 0.125. The van der Waals surface area contributed by atoms with Crippen LogP contribution in [0.5, 0.6) is 0 Å². The average Bonchev–Trinajstić information content (AvgIpc) is 3.15. The maximum absolute atomic E-state index is 13.8. The molecule has 0 aliphatic heterocycles. The highest BCUT2D eigenvalue weighted by atomic mass is 19.1. The van der Waals surface area contributed by atoms with Crippen molar-refractivity contribution < 1.29 is 27.9 Å². The number of fused-ring (bicyclic) bond motifs is 1. The van der Waals surface area contributed by atoms with Gasteiger partial charge in [-0.05, 0) is 31.2 Å². The van der Waals surface area contributed by atoms with Crippen LogP contribution >= 0.6 is 0 Å². The van der Waals surface area contributed by atoms with Crippen molar-refractivity contribution in [3.8, 4) is 0 Å². The van der Waals surface area contributed by atoms with Gasteiger partial charge in [0, 0.05) is 0 Å². The van der Waals surface area contributed by atoms with E-state index in [4.69, 9.17) is 20.3 Å². The smallest absolute Gasteiger partial charge is 0.285 e. The molecule has 0 fully saturated rings.